The number of carbonyl (C=O) groups is 1. The van der Waals surface area contributed by atoms with Gasteiger partial charge >= 0.3 is 0 Å². The summed E-state index contributed by atoms with van der Waals surface area (Å²) in [6, 6.07) is 29.8. The van der Waals surface area contributed by atoms with E-state index in [-0.39, 0.29) is 29.4 Å². The molecule has 0 bridgehead atoms. The van der Waals surface area contributed by atoms with E-state index >= 15 is 0 Å². The number of hydrogen-bond donors (Lipinski definition) is 3. The van der Waals surface area contributed by atoms with Gasteiger partial charge in [-0.05, 0) is 35.9 Å². The van der Waals surface area contributed by atoms with Crippen molar-refractivity contribution < 1.29 is 4.79 Å². The Morgan fingerprint density at radius 3 is 1.75 bits per heavy atom. The fourth-order valence-electron chi connectivity index (χ4n) is 3.85. The number of nitrogens with one attached hydrogen (secondary N) is 3. The van der Waals surface area contributed by atoms with Crippen molar-refractivity contribution in [3.63, 3.8) is 0 Å². The molecule has 0 atom stereocenters. The first kappa shape index (κ1) is 24.4. The summed E-state index contributed by atoms with van der Waals surface area (Å²) in [5, 5.41) is 7.47. The van der Waals surface area contributed by atoms with E-state index in [1.54, 1.807) is 30.6 Å². The minimum absolute atomic E-state index is 0.102. The van der Waals surface area contributed by atoms with E-state index in [0.29, 0.717) is 17.5 Å². The van der Waals surface area contributed by atoms with Crippen LogP contribution in [0.5, 0.6) is 0 Å². The van der Waals surface area contributed by atoms with Crippen LogP contribution < -0.4 is 16.1 Å². The SMILES string of the molecule is O=C1C(=Cc2ccccc2)N=C(c2ccccc2)N1Nc1nc(Nc2ccccn2)nc(Nc2ccccn2)n1. The van der Waals surface area contributed by atoms with Crippen LogP contribution in [0.2, 0.25) is 0 Å². The molecular weight excluding hydrogens is 504 g/mol. The van der Waals surface area contributed by atoms with E-state index in [1.165, 1.54) is 5.01 Å². The van der Waals surface area contributed by atoms with Gasteiger partial charge in [-0.1, -0.05) is 72.8 Å². The number of rotatable bonds is 8. The number of carbonyl (C=O) groups excluding carboxylic acids is 1. The molecule has 40 heavy (non-hydrogen) atoms. The van der Waals surface area contributed by atoms with Crippen molar-refractivity contribution in [2.24, 2.45) is 4.99 Å². The standard InChI is InChI=1S/C29H22N10O/c40-26-22(19-20-11-3-1-4-12-20)32-25(21-13-5-2-6-14-21)39(26)38-29-36-27(33-23-15-7-9-17-30-23)35-28(37-29)34-24-16-8-10-18-31-24/h1-19H,(H3,30,31,33,34,35,36,37,38). The highest BCUT2D eigenvalue weighted by Gasteiger charge is 2.32. The summed E-state index contributed by atoms with van der Waals surface area (Å²) in [6.07, 6.45) is 5.05. The van der Waals surface area contributed by atoms with Gasteiger partial charge in [0.15, 0.2) is 5.84 Å². The average Bonchev–Trinajstić information content (AvgIpc) is 3.29. The first-order chi connectivity index (χ1) is 19.7. The zero-order chi connectivity index (χ0) is 27.1. The third kappa shape index (κ3) is 5.63. The van der Waals surface area contributed by atoms with Crippen LogP contribution in [0.4, 0.5) is 29.5 Å². The molecule has 0 saturated heterocycles. The smallest absolute Gasteiger partial charge is 0.297 e. The van der Waals surface area contributed by atoms with E-state index < -0.39 is 0 Å². The molecule has 0 radical (unpaired) electrons. The van der Waals surface area contributed by atoms with E-state index in [0.717, 1.165) is 11.1 Å². The molecule has 3 aromatic heterocycles. The molecule has 0 unspecified atom stereocenters. The highest BCUT2D eigenvalue weighted by molar-refractivity contribution is 6.20. The van der Waals surface area contributed by atoms with Crippen molar-refractivity contribution >= 4 is 47.3 Å². The maximum absolute atomic E-state index is 13.6. The van der Waals surface area contributed by atoms with Gasteiger partial charge in [-0.2, -0.15) is 20.0 Å². The van der Waals surface area contributed by atoms with E-state index in [4.69, 9.17) is 0 Å². The van der Waals surface area contributed by atoms with Crippen molar-refractivity contribution in [1.82, 2.24) is 29.9 Å². The Labute approximate surface area is 229 Å². The van der Waals surface area contributed by atoms with Crippen molar-refractivity contribution in [3.8, 4) is 0 Å². The zero-order valence-corrected chi connectivity index (χ0v) is 21.0. The molecule has 1 aliphatic rings. The number of pyridine rings is 2. The summed E-state index contributed by atoms with van der Waals surface area (Å²) in [4.78, 5) is 40.3. The molecule has 0 aliphatic carbocycles. The topological polar surface area (TPSA) is 133 Å². The Balaban J connectivity index is 1.36. The maximum Gasteiger partial charge on any atom is 0.297 e. The van der Waals surface area contributed by atoms with Crippen LogP contribution in [0, 0.1) is 0 Å². The predicted molar refractivity (Wildman–Crippen MR) is 153 cm³/mol. The first-order valence-electron chi connectivity index (χ1n) is 12.4. The van der Waals surface area contributed by atoms with Crippen LogP contribution in [0.3, 0.4) is 0 Å². The summed E-state index contributed by atoms with van der Waals surface area (Å²) in [5.41, 5.74) is 4.90. The lowest BCUT2D eigenvalue weighted by Gasteiger charge is -2.20. The molecule has 4 heterocycles. The monoisotopic (exact) mass is 526 g/mol. The van der Waals surface area contributed by atoms with Crippen LogP contribution in [0.15, 0.2) is 120 Å². The number of amidine groups is 1. The van der Waals surface area contributed by atoms with Gasteiger partial charge in [0.1, 0.15) is 17.3 Å². The second kappa shape index (κ2) is 11.2. The molecule has 0 spiro atoms. The van der Waals surface area contributed by atoms with Gasteiger partial charge < -0.3 is 10.6 Å². The lowest BCUT2D eigenvalue weighted by atomic mass is 10.2. The predicted octanol–water partition coefficient (Wildman–Crippen LogP) is 4.81. The van der Waals surface area contributed by atoms with E-state index in [1.807, 2.05) is 84.9 Å². The van der Waals surface area contributed by atoms with Crippen molar-refractivity contribution in [2.45, 2.75) is 0 Å². The largest absolute Gasteiger partial charge is 0.309 e. The van der Waals surface area contributed by atoms with E-state index in [9.17, 15) is 4.79 Å². The van der Waals surface area contributed by atoms with Gasteiger partial charge in [-0.25, -0.2) is 15.0 Å². The van der Waals surface area contributed by atoms with E-state index in [2.05, 4.69) is 46.0 Å². The summed E-state index contributed by atoms with van der Waals surface area (Å²) >= 11 is 0. The Bertz CT molecular complexity index is 1620. The quantitative estimate of drug-likeness (QED) is 0.244. The van der Waals surface area contributed by atoms with Gasteiger partial charge in [0.05, 0.1) is 0 Å². The number of amides is 1. The second-order valence-electron chi connectivity index (χ2n) is 8.48. The van der Waals surface area contributed by atoms with Crippen LogP contribution in [0.25, 0.3) is 6.08 Å². The highest BCUT2D eigenvalue weighted by Crippen LogP contribution is 2.24. The number of aliphatic imine (C=N–C) groups is 1. The van der Waals surface area contributed by atoms with Gasteiger partial charge in [0, 0.05) is 18.0 Å². The molecule has 194 valence electrons. The van der Waals surface area contributed by atoms with Crippen LogP contribution in [0.1, 0.15) is 11.1 Å². The maximum atomic E-state index is 13.6. The van der Waals surface area contributed by atoms with Gasteiger partial charge in [0.25, 0.3) is 5.91 Å². The molecule has 1 amide bonds. The van der Waals surface area contributed by atoms with Gasteiger partial charge in [-0.3, -0.25) is 10.2 Å². The lowest BCUT2D eigenvalue weighted by molar-refractivity contribution is -0.121. The normalized spacial score (nSPS) is 13.7. The average molecular weight is 527 g/mol. The summed E-state index contributed by atoms with van der Waals surface area (Å²) in [7, 11) is 0. The molecule has 1 aliphatic heterocycles. The molecule has 2 aromatic carbocycles. The minimum Gasteiger partial charge on any atom is -0.309 e. The Morgan fingerprint density at radius 1 is 0.625 bits per heavy atom. The fourth-order valence-corrected chi connectivity index (χ4v) is 3.85. The molecule has 0 saturated carbocycles. The van der Waals surface area contributed by atoms with Gasteiger partial charge in [0.2, 0.25) is 17.8 Å². The summed E-state index contributed by atoms with van der Waals surface area (Å²) < 4.78 is 0. The minimum atomic E-state index is -0.360. The zero-order valence-electron chi connectivity index (χ0n) is 21.0. The van der Waals surface area contributed by atoms with Crippen molar-refractivity contribution in [2.75, 3.05) is 16.1 Å². The fraction of sp³-hybridized carbons (Fsp3) is 0. The van der Waals surface area contributed by atoms with Crippen LogP contribution >= 0.6 is 0 Å². The summed E-state index contributed by atoms with van der Waals surface area (Å²) in [6.45, 7) is 0. The number of hydrogen-bond acceptors (Lipinski definition) is 10. The molecule has 11 nitrogen and oxygen atoms in total. The highest BCUT2D eigenvalue weighted by atomic mass is 16.2. The third-order valence-corrected chi connectivity index (χ3v) is 5.65. The Hall–Kier alpha value is -5.97. The number of benzene rings is 2. The number of aromatic nitrogens is 5. The summed E-state index contributed by atoms with van der Waals surface area (Å²) in [5.74, 6) is 1.65. The van der Waals surface area contributed by atoms with Crippen molar-refractivity contribution in [1.29, 1.82) is 0 Å². The molecule has 5 aromatic rings. The van der Waals surface area contributed by atoms with Crippen LogP contribution in [-0.2, 0) is 4.79 Å². The number of nitrogens with zero attached hydrogens (tertiary/aromatic N) is 7. The Morgan fingerprint density at radius 2 is 1.18 bits per heavy atom. The molecule has 3 N–H and O–H groups in total. The lowest BCUT2D eigenvalue weighted by Crippen LogP contribution is -2.38. The number of anilines is 5. The second-order valence-corrected chi connectivity index (χ2v) is 8.48. The van der Waals surface area contributed by atoms with Crippen LogP contribution in [-0.4, -0.2) is 41.7 Å². The first-order valence-corrected chi connectivity index (χ1v) is 12.4. The van der Waals surface area contributed by atoms with Gasteiger partial charge in [-0.15, -0.1) is 0 Å². The molecule has 11 heteroatoms. The molecular formula is C29H22N10O. The molecule has 6 rings (SSSR count). The number of hydrazine groups is 1. The third-order valence-electron chi connectivity index (χ3n) is 5.65. The molecule has 0 fully saturated rings. The van der Waals surface area contributed by atoms with Crippen molar-refractivity contribution in [3.05, 3.63) is 126 Å². The Kier molecular flexibility index (Phi) is 6.82.